The van der Waals surface area contributed by atoms with E-state index in [1.54, 1.807) is 30.3 Å². The summed E-state index contributed by atoms with van der Waals surface area (Å²) in [6.45, 7) is -5.89. The molecule has 0 amide bonds. The molecule has 76 valence electrons. The zero-order valence-corrected chi connectivity index (χ0v) is 7.44. The average Bonchev–Trinajstić information content (AvgIpc) is 2.33. The first-order valence-corrected chi connectivity index (χ1v) is 4.04. The SMILES string of the molecule is [2H]C([2H])([2H])C(OC(=O)[C@@H](N)c1ccccc1)C([2H])([2H])[2H]. The van der Waals surface area contributed by atoms with Crippen molar-refractivity contribution in [3.05, 3.63) is 35.9 Å². The van der Waals surface area contributed by atoms with Crippen LogP contribution in [0.4, 0.5) is 0 Å². The van der Waals surface area contributed by atoms with Gasteiger partial charge in [0.1, 0.15) is 6.04 Å². The van der Waals surface area contributed by atoms with E-state index in [9.17, 15) is 4.79 Å². The fraction of sp³-hybridized carbons (Fsp3) is 0.364. The summed E-state index contributed by atoms with van der Waals surface area (Å²) in [5.41, 5.74) is 6.04. The molecule has 3 heteroatoms. The minimum atomic E-state index is -2.95. The molecule has 0 heterocycles. The Morgan fingerprint density at radius 3 is 2.64 bits per heavy atom. The lowest BCUT2D eigenvalue weighted by atomic mass is 10.1. The van der Waals surface area contributed by atoms with Gasteiger partial charge in [-0.2, -0.15) is 0 Å². The summed E-state index contributed by atoms with van der Waals surface area (Å²) < 4.78 is 47.4. The molecule has 2 N–H and O–H groups in total. The van der Waals surface area contributed by atoms with Crippen molar-refractivity contribution in [1.82, 2.24) is 0 Å². The van der Waals surface area contributed by atoms with Crippen molar-refractivity contribution in [2.75, 3.05) is 0 Å². The summed E-state index contributed by atoms with van der Waals surface area (Å²) in [5.74, 6) is -1.09. The topological polar surface area (TPSA) is 52.3 Å². The Labute approximate surface area is 92.3 Å². The van der Waals surface area contributed by atoms with Crippen molar-refractivity contribution in [3.63, 3.8) is 0 Å². The minimum absolute atomic E-state index is 0.410. The molecular weight excluding hydrogens is 178 g/mol. The van der Waals surface area contributed by atoms with Gasteiger partial charge < -0.3 is 10.5 Å². The number of rotatable bonds is 3. The quantitative estimate of drug-likeness (QED) is 0.753. The van der Waals surface area contributed by atoms with Gasteiger partial charge in [0.25, 0.3) is 0 Å². The molecule has 0 spiro atoms. The van der Waals surface area contributed by atoms with E-state index in [-0.39, 0.29) is 0 Å². The van der Waals surface area contributed by atoms with Crippen molar-refractivity contribution in [2.45, 2.75) is 25.8 Å². The highest BCUT2D eigenvalue weighted by molar-refractivity contribution is 5.77. The second-order valence-corrected chi connectivity index (χ2v) is 2.71. The van der Waals surface area contributed by atoms with Gasteiger partial charge in [-0.25, -0.2) is 4.79 Å². The van der Waals surface area contributed by atoms with Crippen LogP contribution in [0, 0.1) is 0 Å². The second-order valence-electron chi connectivity index (χ2n) is 2.71. The van der Waals surface area contributed by atoms with Crippen LogP contribution in [-0.4, -0.2) is 12.1 Å². The maximum absolute atomic E-state index is 11.8. The predicted molar refractivity (Wildman–Crippen MR) is 54.6 cm³/mol. The minimum Gasteiger partial charge on any atom is -0.462 e. The van der Waals surface area contributed by atoms with E-state index < -0.39 is 31.8 Å². The van der Waals surface area contributed by atoms with E-state index in [2.05, 4.69) is 4.74 Å². The predicted octanol–water partition coefficient (Wildman–Crippen LogP) is 1.64. The highest BCUT2D eigenvalue weighted by Crippen LogP contribution is 2.11. The van der Waals surface area contributed by atoms with Gasteiger partial charge in [0.05, 0.1) is 6.10 Å². The highest BCUT2D eigenvalue weighted by atomic mass is 16.5. The fourth-order valence-corrected chi connectivity index (χ4v) is 0.986. The van der Waals surface area contributed by atoms with E-state index in [4.69, 9.17) is 14.0 Å². The van der Waals surface area contributed by atoms with Crippen LogP contribution < -0.4 is 5.73 Å². The molecule has 1 rings (SSSR count). The van der Waals surface area contributed by atoms with Gasteiger partial charge >= 0.3 is 5.97 Å². The zero-order valence-electron chi connectivity index (χ0n) is 13.4. The Morgan fingerprint density at radius 1 is 1.43 bits per heavy atom. The number of ether oxygens (including phenoxy) is 1. The normalized spacial score (nSPS) is 20.7. The zero-order chi connectivity index (χ0) is 15.6. The van der Waals surface area contributed by atoms with Crippen molar-refractivity contribution in [2.24, 2.45) is 5.73 Å². The van der Waals surface area contributed by atoms with Crippen LogP contribution in [0.1, 0.15) is 33.5 Å². The number of hydrogen-bond acceptors (Lipinski definition) is 3. The molecule has 0 unspecified atom stereocenters. The van der Waals surface area contributed by atoms with E-state index in [0.29, 0.717) is 5.56 Å². The number of hydrogen-bond donors (Lipinski definition) is 1. The molecule has 0 saturated heterocycles. The van der Waals surface area contributed by atoms with Crippen LogP contribution in [0.5, 0.6) is 0 Å². The lowest BCUT2D eigenvalue weighted by molar-refractivity contribution is -0.149. The lowest BCUT2D eigenvalue weighted by Gasteiger charge is -2.13. The molecule has 0 aliphatic carbocycles. The number of esters is 1. The molecule has 0 aromatic heterocycles. The third kappa shape index (κ3) is 2.85. The highest BCUT2D eigenvalue weighted by Gasteiger charge is 2.17. The third-order valence-electron chi connectivity index (χ3n) is 1.65. The fourth-order valence-electron chi connectivity index (χ4n) is 0.986. The van der Waals surface area contributed by atoms with Crippen LogP contribution in [0.2, 0.25) is 0 Å². The molecule has 1 atom stereocenters. The number of nitrogens with two attached hydrogens (primary N) is 1. The van der Waals surface area contributed by atoms with E-state index in [1.165, 1.54) is 0 Å². The van der Waals surface area contributed by atoms with Crippen molar-refractivity contribution in [1.29, 1.82) is 0 Å². The van der Waals surface area contributed by atoms with Gasteiger partial charge in [-0.05, 0) is 19.3 Å². The average molecular weight is 199 g/mol. The summed E-state index contributed by atoms with van der Waals surface area (Å²) in [4.78, 5) is 11.8. The van der Waals surface area contributed by atoms with Crippen LogP contribution in [0.25, 0.3) is 0 Å². The molecule has 3 nitrogen and oxygen atoms in total. The van der Waals surface area contributed by atoms with E-state index in [1.807, 2.05) is 0 Å². The standard InChI is InChI=1S/C11H15NO2/c1-8(2)14-11(13)10(12)9-6-4-3-5-7-9/h3-8,10H,12H2,1-2H3/t10-/m0/s1/i1D3,2D3. The molecular formula is C11H15NO2. The van der Waals surface area contributed by atoms with Crippen molar-refractivity contribution >= 4 is 5.97 Å². The Bertz CT molecular complexity index is 442. The summed E-state index contributed by atoms with van der Waals surface area (Å²) in [7, 11) is 0. The first-order valence-electron chi connectivity index (χ1n) is 7.04. The number of carbonyl (C=O) groups is 1. The Balaban J connectivity index is 2.87. The monoisotopic (exact) mass is 199 g/mol. The smallest absolute Gasteiger partial charge is 0.327 e. The second kappa shape index (κ2) is 4.77. The van der Waals surface area contributed by atoms with Crippen molar-refractivity contribution < 1.29 is 17.8 Å². The van der Waals surface area contributed by atoms with Gasteiger partial charge in [0.15, 0.2) is 0 Å². The van der Waals surface area contributed by atoms with Crippen LogP contribution in [0.15, 0.2) is 30.3 Å². The van der Waals surface area contributed by atoms with Crippen LogP contribution in [-0.2, 0) is 9.53 Å². The van der Waals surface area contributed by atoms with Gasteiger partial charge in [0.2, 0.25) is 0 Å². The lowest BCUT2D eigenvalue weighted by Crippen LogP contribution is -2.25. The third-order valence-corrected chi connectivity index (χ3v) is 1.65. The molecule has 1 aromatic carbocycles. The van der Waals surface area contributed by atoms with Crippen LogP contribution in [0.3, 0.4) is 0 Å². The molecule has 0 radical (unpaired) electrons. The Kier molecular flexibility index (Phi) is 1.68. The molecule has 0 aliphatic heterocycles. The van der Waals surface area contributed by atoms with Gasteiger partial charge in [-0.15, -0.1) is 0 Å². The van der Waals surface area contributed by atoms with E-state index in [0.717, 1.165) is 0 Å². The Morgan fingerprint density at radius 2 is 2.07 bits per heavy atom. The summed E-state index contributed by atoms with van der Waals surface area (Å²) >= 11 is 0. The van der Waals surface area contributed by atoms with E-state index >= 15 is 0 Å². The summed E-state index contributed by atoms with van der Waals surface area (Å²) in [5, 5.41) is 0. The molecule has 0 bridgehead atoms. The van der Waals surface area contributed by atoms with Crippen LogP contribution >= 0.6 is 0 Å². The number of benzene rings is 1. The maximum Gasteiger partial charge on any atom is 0.327 e. The molecule has 0 saturated carbocycles. The van der Waals surface area contributed by atoms with Gasteiger partial charge in [-0.1, -0.05) is 30.3 Å². The maximum atomic E-state index is 11.8. The summed E-state index contributed by atoms with van der Waals surface area (Å²) in [6, 6.07) is 6.90. The number of carbonyl (C=O) groups excluding carboxylic acids is 1. The van der Waals surface area contributed by atoms with Gasteiger partial charge in [-0.3, -0.25) is 0 Å². The Hall–Kier alpha value is -1.35. The van der Waals surface area contributed by atoms with Crippen molar-refractivity contribution in [3.8, 4) is 0 Å². The first kappa shape index (κ1) is 4.94. The molecule has 0 aliphatic rings. The first-order chi connectivity index (χ1) is 9.03. The molecule has 1 aromatic rings. The molecule has 14 heavy (non-hydrogen) atoms. The summed E-state index contributed by atoms with van der Waals surface area (Å²) in [6.07, 6.45) is -2.20. The van der Waals surface area contributed by atoms with Gasteiger partial charge in [0, 0.05) is 8.22 Å². The largest absolute Gasteiger partial charge is 0.462 e. The molecule has 0 fully saturated rings.